The minimum Gasteiger partial charge on any atom is -0.372 e. The topological polar surface area (TPSA) is 39.1 Å². The Morgan fingerprint density at radius 1 is 1.25 bits per heavy atom. The smallest absolute Gasteiger partial charge is 0.0888 e. The summed E-state index contributed by atoms with van der Waals surface area (Å²) in [5.74, 6) is 0. The van der Waals surface area contributed by atoms with Crippen LogP contribution in [0.1, 0.15) is 57.8 Å². The molecule has 114 valence electrons. The summed E-state index contributed by atoms with van der Waals surface area (Å²) in [6, 6.07) is 2.89. The molecule has 2 rings (SSSR count). The summed E-state index contributed by atoms with van der Waals surface area (Å²) in [7, 11) is 0. The number of hydrogen-bond acceptors (Lipinski definition) is 3. The van der Waals surface area contributed by atoms with E-state index in [1.807, 2.05) is 0 Å². The molecule has 0 bridgehead atoms. The maximum absolute atomic E-state index is 6.11. The van der Waals surface area contributed by atoms with Crippen molar-refractivity contribution in [3.05, 3.63) is 17.5 Å². The SMILES string of the molecule is CCNC1CCC(OCc2cc(CC)nn2CC)CC1. The molecule has 0 amide bonds. The zero-order valence-electron chi connectivity index (χ0n) is 13.2. The largest absolute Gasteiger partial charge is 0.372 e. The van der Waals surface area contributed by atoms with Crippen molar-refractivity contribution >= 4 is 0 Å². The van der Waals surface area contributed by atoms with Crippen molar-refractivity contribution in [3.8, 4) is 0 Å². The molecule has 4 nitrogen and oxygen atoms in total. The van der Waals surface area contributed by atoms with Crippen LogP contribution in [0.15, 0.2) is 6.07 Å². The molecule has 1 heterocycles. The summed E-state index contributed by atoms with van der Waals surface area (Å²) in [6.07, 6.45) is 6.26. The molecule has 0 unspecified atom stereocenters. The monoisotopic (exact) mass is 279 g/mol. The fourth-order valence-corrected chi connectivity index (χ4v) is 3.00. The van der Waals surface area contributed by atoms with E-state index < -0.39 is 0 Å². The summed E-state index contributed by atoms with van der Waals surface area (Å²) in [5, 5.41) is 8.11. The molecule has 1 aromatic heterocycles. The van der Waals surface area contributed by atoms with Gasteiger partial charge in [-0.2, -0.15) is 5.10 Å². The van der Waals surface area contributed by atoms with Crippen LogP contribution in [0.2, 0.25) is 0 Å². The highest BCUT2D eigenvalue weighted by Gasteiger charge is 2.21. The van der Waals surface area contributed by atoms with E-state index in [4.69, 9.17) is 4.74 Å². The third-order valence-electron chi connectivity index (χ3n) is 4.21. The minimum absolute atomic E-state index is 0.426. The Hall–Kier alpha value is -0.870. The first kappa shape index (κ1) is 15.5. The maximum Gasteiger partial charge on any atom is 0.0888 e. The normalized spacial score (nSPS) is 23.1. The van der Waals surface area contributed by atoms with Crippen LogP contribution in [0.4, 0.5) is 0 Å². The second-order valence-electron chi connectivity index (χ2n) is 5.64. The van der Waals surface area contributed by atoms with Crippen molar-refractivity contribution in [3.63, 3.8) is 0 Å². The third kappa shape index (κ3) is 4.06. The first-order chi connectivity index (χ1) is 9.76. The number of aromatic nitrogens is 2. The highest BCUT2D eigenvalue weighted by Crippen LogP contribution is 2.22. The Kier molecular flexibility index (Phi) is 6.05. The minimum atomic E-state index is 0.426. The summed E-state index contributed by atoms with van der Waals surface area (Å²) in [6.45, 7) is 9.17. The zero-order valence-corrected chi connectivity index (χ0v) is 13.2. The molecule has 1 N–H and O–H groups in total. The summed E-state index contributed by atoms with van der Waals surface area (Å²) < 4.78 is 8.18. The van der Waals surface area contributed by atoms with E-state index in [9.17, 15) is 0 Å². The van der Waals surface area contributed by atoms with Gasteiger partial charge >= 0.3 is 0 Å². The van der Waals surface area contributed by atoms with Gasteiger partial charge in [0.25, 0.3) is 0 Å². The molecule has 0 atom stereocenters. The van der Waals surface area contributed by atoms with E-state index in [0.717, 1.165) is 19.5 Å². The van der Waals surface area contributed by atoms with Gasteiger partial charge in [-0.1, -0.05) is 13.8 Å². The first-order valence-corrected chi connectivity index (χ1v) is 8.17. The highest BCUT2D eigenvalue weighted by molar-refractivity contribution is 5.09. The molecule has 0 aliphatic heterocycles. The van der Waals surface area contributed by atoms with E-state index in [1.165, 1.54) is 37.1 Å². The fourth-order valence-electron chi connectivity index (χ4n) is 3.00. The molecular formula is C16H29N3O. The second-order valence-corrected chi connectivity index (χ2v) is 5.64. The first-order valence-electron chi connectivity index (χ1n) is 8.17. The molecular weight excluding hydrogens is 250 g/mol. The Labute approximate surface area is 122 Å². The number of aryl methyl sites for hydroxylation is 2. The number of nitrogens with zero attached hydrogens (tertiary/aromatic N) is 2. The van der Waals surface area contributed by atoms with E-state index in [-0.39, 0.29) is 0 Å². The Morgan fingerprint density at radius 2 is 2.00 bits per heavy atom. The fraction of sp³-hybridized carbons (Fsp3) is 0.812. The van der Waals surface area contributed by atoms with Crippen LogP contribution in [0.25, 0.3) is 0 Å². The van der Waals surface area contributed by atoms with Crippen LogP contribution in [0, 0.1) is 0 Å². The van der Waals surface area contributed by atoms with Crippen LogP contribution >= 0.6 is 0 Å². The third-order valence-corrected chi connectivity index (χ3v) is 4.21. The van der Waals surface area contributed by atoms with E-state index >= 15 is 0 Å². The summed E-state index contributed by atoms with van der Waals surface area (Å²) >= 11 is 0. The molecule has 0 saturated heterocycles. The lowest BCUT2D eigenvalue weighted by Gasteiger charge is -2.29. The molecule has 1 fully saturated rings. The van der Waals surface area contributed by atoms with Crippen LogP contribution in [0.3, 0.4) is 0 Å². The molecule has 0 spiro atoms. The van der Waals surface area contributed by atoms with Gasteiger partial charge in [0.15, 0.2) is 0 Å². The standard InChI is InChI=1S/C16H29N3O/c1-4-13-11-15(19(6-3)18-13)12-20-16-9-7-14(8-10-16)17-5-2/h11,14,16-17H,4-10,12H2,1-3H3. The van der Waals surface area contributed by atoms with Gasteiger partial charge in [0.05, 0.1) is 24.1 Å². The quantitative estimate of drug-likeness (QED) is 0.834. The van der Waals surface area contributed by atoms with Gasteiger partial charge in [-0.05, 0) is 51.6 Å². The van der Waals surface area contributed by atoms with Gasteiger partial charge < -0.3 is 10.1 Å². The molecule has 0 aromatic carbocycles. The van der Waals surface area contributed by atoms with Gasteiger partial charge in [0.2, 0.25) is 0 Å². The van der Waals surface area contributed by atoms with Crippen molar-refractivity contribution in [2.75, 3.05) is 6.54 Å². The van der Waals surface area contributed by atoms with Crippen molar-refractivity contribution < 1.29 is 4.74 Å². The van der Waals surface area contributed by atoms with Gasteiger partial charge in [0.1, 0.15) is 0 Å². The molecule has 1 saturated carbocycles. The average Bonchev–Trinajstić information content (AvgIpc) is 2.89. The second kappa shape index (κ2) is 7.79. The maximum atomic E-state index is 6.11. The molecule has 1 aromatic rings. The Bertz CT molecular complexity index is 394. The Morgan fingerprint density at radius 3 is 2.60 bits per heavy atom. The number of ether oxygens (including phenoxy) is 1. The highest BCUT2D eigenvalue weighted by atomic mass is 16.5. The molecule has 4 heteroatoms. The van der Waals surface area contributed by atoms with Gasteiger partial charge in [0, 0.05) is 12.6 Å². The molecule has 1 aliphatic rings. The van der Waals surface area contributed by atoms with Crippen LogP contribution < -0.4 is 5.32 Å². The summed E-state index contributed by atoms with van der Waals surface area (Å²) in [4.78, 5) is 0. The van der Waals surface area contributed by atoms with Gasteiger partial charge in [-0.25, -0.2) is 0 Å². The van der Waals surface area contributed by atoms with E-state index in [0.29, 0.717) is 18.8 Å². The van der Waals surface area contributed by atoms with Crippen LogP contribution in [-0.4, -0.2) is 28.5 Å². The van der Waals surface area contributed by atoms with Crippen molar-refractivity contribution in [2.45, 2.75) is 78.2 Å². The zero-order chi connectivity index (χ0) is 14.4. The van der Waals surface area contributed by atoms with E-state index in [1.54, 1.807) is 0 Å². The predicted octanol–water partition coefficient (Wildman–Crippen LogP) is 2.90. The average molecular weight is 279 g/mol. The molecule has 0 radical (unpaired) electrons. The van der Waals surface area contributed by atoms with Crippen molar-refractivity contribution in [1.29, 1.82) is 0 Å². The van der Waals surface area contributed by atoms with Crippen molar-refractivity contribution in [1.82, 2.24) is 15.1 Å². The molecule has 1 aliphatic carbocycles. The lowest BCUT2D eigenvalue weighted by Crippen LogP contribution is -2.35. The predicted molar refractivity (Wildman–Crippen MR) is 81.8 cm³/mol. The molecule has 20 heavy (non-hydrogen) atoms. The van der Waals surface area contributed by atoms with Crippen LogP contribution in [-0.2, 0) is 24.3 Å². The van der Waals surface area contributed by atoms with Crippen LogP contribution in [0.5, 0.6) is 0 Å². The number of rotatable bonds is 7. The lowest BCUT2D eigenvalue weighted by molar-refractivity contribution is 0.00834. The van der Waals surface area contributed by atoms with Crippen molar-refractivity contribution in [2.24, 2.45) is 0 Å². The van der Waals surface area contributed by atoms with E-state index in [2.05, 4.69) is 41.9 Å². The van der Waals surface area contributed by atoms with Gasteiger partial charge in [-0.3, -0.25) is 4.68 Å². The van der Waals surface area contributed by atoms with Gasteiger partial charge in [-0.15, -0.1) is 0 Å². The lowest BCUT2D eigenvalue weighted by atomic mass is 9.93. The summed E-state index contributed by atoms with van der Waals surface area (Å²) in [5.41, 5.74) is 2.39. The number of hydrogen-bond donors (Lipinski definition) is 1. The Balaban J connectivity index is 1.79. The number of nitrogens with one attached hydrogen (secondary N) is 1.